The summed E-state index contributed by atoms with van der Waals surface area (Å²) in [6.45, 7) is 4.80. The van der Waals surface area contributed by atoms with Crippen molar-refractivity contribution in [2.24, 2.45) is 0 Å². The second kappa shape index (κ2) is 8.91. The van der Waals surface area contributed by atoms with E-state index in [-0.39, 0.29) is 5.91 Å². The SMILES string of the molecule is CCCCn1nc(C)c(C(=O)NC)c1-c1ccc(-c2ccccc2-c2nn[nH]n2)cc1. The largest absolute Gasteiger partial charge is 0.355 e. The van der Waals surface area contributed by atoms with E-state index in [1.165, 1.54) is 0 Å². The van der Waals surface area contributed by atoms with E-state index in [0.717, 1.165) is 53.0 Å². The van der Waals surface area contributed by atoms with E-state index in [0.29, 0.717) is 11.4 Å². The summed E-state index contributed by atoms with van der Waals surface area (Å²) in [7, 11) is 1.65. The summed E-state index contributed by atoms with van der Waals surface area (Å²) >= 11 is 0. The third-order valence-electron chi connectivity index (χ3n) is 5.29. The maximum absolute atomic E-state index is 12.6. The lowest BCUT2D eigenvalue weighted by Crippen LogP contribution is -2.19. The number of H-pyrrole nitrogens is 1. The summed E-state index contributed by atoms with van der Waals surface area (Å²) in [4.78, 5) is 12.6. The van der Waals surface area contributed by atoms with Gasteiger partial charge in [-0.2, -0.15) is 10.3 Å². The normalized spacial score (nSPS) is 10.9. The predicted octanol–water partition coefficient (Wildman–Crippen LogP) is 3.87. The highest BCUT2D eigenvalue weighted by Gasteiger charge is 2.22. The summed E-state index contributed by atoms with van der Waals surface area (Å²) in [5.74, 6) is 0.427. The Kier molecular flexibility index (Phi) is 5.88. The van der Waals surface area contributed by atoms with E-state index in [2.05, 4.69) is 38.0 Å². The number of rotatable bonds is 7. The van der Waals surface area contributed by atoms with Gasteiger partial charge in [-0.1, -0.05) is 61.9 Å². The molecule has 2 heterocycles. The van der Waals surface area contributed by atoms with Crippen molar-refractivity contribution in [1.82, 2.24) is 35.7 Å². The lowest BCUT2D eigenvalue weighted by Gasteiger charge is -2.11. The summed E-state index contributed by atoms with van der Waals surface area (Å²) in [6.07, 6.45) is 2.05. The first-order valence-electron chi connectivity index (χ1n) is 10.4. The van der Waals surface area contributed by atoms with Gasteiger partial charge in [0.25, 0.3) is 5.91 Å². The molecule has 31 heavy (non-hydrogen) atoms. The second-order valence-corrected chi connectivity index (χ2v) is 7.32. The van der Waals surface area contributed by atoms with Crippen molar-refractivity contribution in [1.29, 1.82) is 0 Å². The molecule has 0 aliphatic carbocycles. The Balaban J connectivity index is 1.77. The maximum Gasteiger partial charge on any atom is 0.255 e. The van der Waals surface area contributed by atoms with Gasteiger partial charge in [0.2, 0.25) is 5.82 Å². The fourth-order valence-corrected chi connectivity index (χ4v) is 3.75. The average Bonchev–Trinajstić information content (AvgIpc) is 3.45. The van der Waals surface area contributed by atoms with E-state index in [1.807, 2.05) is 60.1 Å². The van der Waals surface area contributed by atoms with E-state index >= 15 is 0 Å². The highest BCUT2D eigenvalue weighted by atomic mass is 16.1. The number of aromatic nitrogens is 6. The van der Waals surface area contributed by atoms with Crippen LogP contribution in [0.5, 0.6) is 0 Å². The Hall–Kier alpha value is -3.81. The number of aromatic amines is 1. The lowest BCUT2D eigenvalue weighted by molar-refractivity contribution is 0.0963. The molecule has 4 aromatic rings. The Morgan fingerprint density at radius 2 is 1.77 bits per heavy atom. The van der Waals surface area contributed by atoms with Gasteiger partial charge in [0.15, 0.2) is 0 Å². The first-order chi connectivity index (χ1) is 15.1. The highest BCUT2D eigenvalue weighted by molar-refractivity contribution is 6.01. The van der Waals surface area contributed by atoms with Crippen LogP contribution in [0.4, 0.5) is 0 Å². The van der Waals surface area contributed by atoms with Crippen LogP contribution < -0.4 is 5.32 Å². The lowest BCUT2D eigenvalue weighted by atomic mass is 9.97. The number of aryl methyl sites for hydroxylation is 2. The zero-order chi connectivity index (χ0) is 21.8. The van der Waals surface area contributed by atoms with Crippen molar-refractivity contribution < 1.29 is 4.79 Å². The highest BCUT2D eigenvalue weighted by Crippen LogP contribution is 2.33. The number of carbonyl (C=O) groups excluding carboxylic acids is 1. The molecule has 0 bridgehead atoms. The van der Waals surface area contributed by atoms with Gasteiger partial charge in [0.05, 0.1) is 17.0 Å². The summed E-state index contributed by atoms with van der Waals surface area (Å²) < 4.78 is 1.95. The third-order valence-corrected chi connectivity index (χ3v) is 5.29. The molecule has 0 unspecified atom stereocenters. The molecular weight excluding hydrogens is 390 g/mol. The number of amides is 1. The van der Waals surface area contributed by atoms with Crippen LogP contribution in [0.3, 0.4) is 0 Å². The van der Waals surface area contributed by atoms with Crippen LogP contribution >= 0.6 is 0 Å². The second-order valence-electron chi connectivity index (χ2n) is 7.32. The molecule has 2 N–H and O–H groups in total. The number of hydrogen-bond donors (Lipinski definition) is 2. The quantitative estimate of drug-likeness (QED) is 0.477. The monoisotopic (exact) mass is 415 g/mol. The van der Waals surface area contributed by atoms with Gasteiger partial charge in [0.1, 0.15) is 0 Å². The topological polar surface area (TPSA) is 101 Å². The molecule has 0 radical (unpaired) electrons. The molecule has 0 fully saturated rings. The third kappa shape index (κ3) is 3.96. The van der Waals surface area contributed by atoms with E-state index in [9.17, 15) is 4.79 Å². The summed E-state index contributed by atoms with van der Waals surface area (Å²) in [5.41, 5.74) is 6.11. The molecule has 4 rings (SSSR count). The fourth-order valence-electron chi connectivity index (χ4n) is 3.75. The Morgan fingerprint density at radius 1 is 1.06 bits per heavy atom. The Bertz CT molecular complexity index is 1180. The molecule has 0 saturated heterocycles. The zero-order valence-corrected chi connectivity index (χ0v) is 17.9. The van der Waals surface area contributed by atoms with E-state index < -0.39 is 0 Å². The van der Waals surface area contributed by atoms with Crippen molar-refractivity contribution in [2.45, 2.75) is 33.2 Å². The molecule has 0 saturated carbocycles. The van der Waals surface area contributed by atoms with Crippen LogP contribution in [0, 0.1) is 6.92 Å². The number of hydrogen-bond acceptors (Lipinski definition) is 5. The van der Waals surface area contributed by atoms with Crippen molar-refractivity contribution in [2.75, 3.05) is 7.05 Å². The number of benzene rings is 2. The number of nitrogens with one attached hydrogen (secondary N) is 2. The van der Waals surface area contributed by atoms with Gasteiger partial charge in [-0.15, -0.1) is 10.2 Å². The van der Waals surface area contributed by atoms with Crippen LogP contribution in [-0.2, 0) is 6.54 Å². The molecule has 0 aliphatic heterocycles. The minimum Gasteiger partial charge on any atom is -0.355 e. The molecule has 1 amide bonds. The van der Waals surface area contributed by atoms with Crippen LogP contribution in [0.2, 0.25) is 0 Å². The van der Waals surface area contributed by atoms with Crippen molar-refractivity contribution >= 4 is 5.91 Å². The van der Waals surface area contributed by atoms with Gasteiger partial charge in [-0.25, -0.2) is 0 Å². The van der Waals surface area contributed by atoms with Gasteiger partial charge in [-0.3, -0.25) is 9.48 Å². The molecule has 8 nitrogen and oxygen atoms in total. The first kappa shape index (κ1) is 20.5. The van der Waals surface area contributed by atoms with E-state index in [1.54, 1.807) is 7.05 Å². The fraction of sp³-hybridized carbons (Fsp3) is 0.261. The molecule has 8 heteroatoms. The Labute approximate surface area is 180 Å². The van der Waals surface area contributed by atoms with E-state index in [4.69, 9.17) is 0 Å². The number of nitrogens with zero attached hydrogens (tertiary/aromatic N) is 5. The van der Waals surface area contributed by atoms with Gasteiger partial charge in [-0.05, 0) is 29.7 Å². The molecular formula is C23H25N7O. The number of carbonyl (C=O) groups is 1. The van der Waals surface area contributed by atoms with Crippen LogP contribution in [0.1, 0.15) is 35.8 Å². The first-order valence-corrected chi connectivity index (χ1v) is 10.4. The van der Waals surface area contributed by atoms with Crippen LogP contribution in [0.15, 0.2) is 48.5 Å². The summed E-state index contributed by atoms with van der Waals surface area (Å²) in [6, 6.07) is 16.1. The smallest absolute Gasteiger partial charge is 0.255 e. The minimum absolute atomic E-state index is 0.123. The van der Waals surface area contributed by atoms with Crippen molar-refractivity contribution in [3.05, 3.63) is 59.8 Å². The molecule has 2 aromatic carbocycles. The van der Waals surface area contributed by atoms with Crippen molar-refractivity contribution in [3.8, 4) is 33.8 Å². The van der Waals surface area contributed by atoms with Crippen LogP contribution in [-0.4, -0.2) is 43.4 Å². The molecule has 0 aliphatic rings. The van der Waals surface area contributed by atoms with Gasteiger partial charge >= 0.3 is 0 Å². The maximum atomic E-state index is 12.6. The molecule has 2 aromatic heterocycles. The molecule has 158 valence electrons. The minimum atomic E-state index is -0.123. The number of unbranched alkanes of at least 4 members (excludes halogenated alkanes) is 1. The van der Waals surface area contributed by atoms with Gasteiger partial charge in [0, 0.05) is 24.7 Å². The van der Waals surface area contributed by atoms with Crippen molar-refractivity contribution in [3.63, 3.8) is 0 Å². The standard InChI is InChI=1S/C23H25N7O/c1-4-5-14-30-21(20(15(2)27-30)23(31)24-3)17-12-10-16(11-13-17)18-8-6-7-9-19(18)22-25-28-29-26-22/h6-13H,4-5,14H2,1-3H3,(H,24,31)(H,25,26,28,29). The zero-order valence-electron chi connectivity index (χ0n) is 17.9. The van der Waals surface area contributed by atoms with Gasteiger partial charge < -0.3 is 5.32 Å². The predicted molar refractivity (Wildman–Crippen MR) is 119 cm³/mol. The van der Waals surface area contributed by atoms with Crippen LogP contribution in [0.25, 0.3) is 33.8 Å². The average molecular weight is 416 g/mol. The summed E-state index contributed by atoms with van der Waals surface area (Å²) in [5, 5.41) is 21.8. The Morgan fingerprint density at radius 3 is 2.42 bits per heavy atom. The number of tetrazole rings is 1. The molecule has 0 atom stereocenters. The molecule has 0 spiro atoms.